The topological polar surface area (TPSA) is 63.8 Å². The Bertz CT molecular complexity index is 932. The number of ether oxygens (including phenoxy) is 3. The number of aromatic amines is 1. The van der Waals surface area contributed by atoms with Crippen LogP contribution >= 0.6 is 0 Å². The zero-order chi connectivity index (χ0) is 20.5. The molecule has 0 spiro atoms. The van der Waals surface area contributed by atoms with Gasteiger partial charge in [0.1, 0.15) is 5.75 Å². The van der Waals surface area contributed by atoms with Gasteiger partial charge in [-0.05, 0) is 42.4 Å². The van der Waals surface area contributed by atoms with E-state index in [-0.39, 0.29) is 17.9 Å². The van der Waals surface area contributed by atoms with Crippen LogP contribution in [0, 0.1) is 11.8 Å². The number of carbonyl (C=O) groups excluding carboxylic acids is 1. The normalized spacial score (nSPS) is 24.7. The van der Waals surface area contributed by atoms with Crippen LogP contribution in [0.25, 0.3) is 10.9 Å². The lowest BCUT2D eigenvalue weighted by atomic mass is 9.74. The second-order valence-electron chi connectivity index (χ2n) is 7.97. The Morgan fingerprint density at radius 3 is 2.83 bits per heavy atom. The summed E-state index contributed by atoms with van der Waals surface area (Å²) in [6.07, 6.45) is 4.46. The number of hydrogen-bond acceptors (Lipinski definition) is 5. The van der Waals surface area contributed by atoms with Crippen LogP contribution in [0.1, 0.15) is 37.1 Å². The molecule has 0 bridgehead atoms. The fourth-order valence-corrected chi connectivity index (χ4v) is 5.28. The highest BCUT2D eigenvalue weighted by Crippen LogP contribution is 2.47. The van der Waals surface area contributed by atoms with E-state index in [4.69, 9.17) is 14.2 Å². The Morgan fingerprint density at radius 1 is 1.31 bits per heavy atom. The Morgan fingerprint density at radius 2 is 2.14 bits per heavy atom. The molecule has 0 aliphatic carbocycles. The Kier molecular flexibility index (Phi) is 5.54. The van der Waals surface area contributed by atoms with Crippen LogP contribution in [-0.2, 0) is 20.7 Å². The molecular formula is C23H30N2O4. The fraction of sp³-hybridized carbons (Fsp3) is 0.522. The number of hydrogen-bond donors (Lipinski definition) is 1. The van der Waals surface area contributed by atoms with Gasteiger partial charge in [0.2, 0.25) is 0 Å². The number of carbonyl (C=O) groups is 1. The van der Waals surface area contributed by atoms with Gasteiger partial charge >= 0.3 is 5.97 Å². The van der Waals surface area contributed by atoms with Crippen molar-refractivity contribution in [2.24, 2.45) is 11.8 Å². The SMILES string of the molecule is CC[C@H]1CN2CCc3c([nH]c4cccc(OC)c34)[C@H]2C[C@H]1/C(=C/OC)C(=O)OC. The lowest BCUT2D eigenvalue weighted by Gasteiger charge is -2.46. The lowest BCUT2D eigenvalue weighted by molar-refractivity contribution is -0.137. The van der Waals surface area contributed by atoms with Crippen molar-refractivity contribution in [2.75, 3.05) is 34.4 Å². The largest absolute Gasteiger partial charge is 0.504 e. The molecule has 6 nitrogen and oxygen atoms in total. The highest BCUT2D eigenvalue weighted by atomic mass is 16.5. The van der Waals surface area contributed by atoms with Crippen molar-refractivity contribution in [1.82, 2.24) is 9.88 Å². The molecule has 1 N–H and O–H groups in total. The number of fused-ring (bicyclic) bond motifs is 5. The Hall–Kier alpha value is -2.47. The number of aromatic nitrogens is 1. The lowest BCUT2D eigenvalue weighted by Crippen LogP contribution is -2.47. The van der Waals surface area contributed by atoms with Crippen LogP contribution in [0.2, 0.25) is 0 Å². The molecule has 1 fully saturated rings. The van der Waals surface area contributed by atoms with Crippen LogP contribution in [0.3, 0.4) is 0 Å². The zero-order valence-electron chi connectivity index (χ0n) is 17.7. The molecule has 1 aromatic carbocycles. The van der Waals surface area contributed by atoms with Gasteiger partial charge in [0.15, 0.2) is 0 Å². The van der Waals surface area contributed by atoms with Crippen LogP contribution in [0.15, 0.2) is 30.0 Å². The minimum absolute atomic E-state index is 0.105. The number of esters is 1. The highest BCUT2D eigenvalue weighted by molar-refractivity contribution is 5.91. The van der Waals surface area contributed by atoms with Crippen molar-refractivity contribution in [3.8, 4) is 5.75 Å². The van der Waals surface area contributed by atoms with E-state index in [1.807, 2.05) is 12.1 Å². The molecule has 2 aliphatic rings. The first-order valence-corrected chi connectivity index (χ1v) is 10.4. The summed E-state index contributed by atoms with van der Waals surface area (Å²) < 4.78 is 16.0. The van der Waals surface area contributed by atoms with Gasteiger partial charge in [-0.3, -0.25) is 4.90 Å². The minimum atomic E-state index is -0.293. The summed E-state index contributed by atoms with van der Waals surface area (Å²) in [4.78, 5) is 18.7. The predicted octanol–water partition coefficient (Wildman–Crippen LogP) is 3.83. The molecule has 2 aromatic rings. The number of rotatable bonds is 5. The summed E-state index contributed by atoms with van der Waals surface area (Å²) in [6, 6.07) is 6.40. The third-order valence-electron chi connectivity index (χ3n) is 6.67. The summed E-state index contributed by atoms with van der Waals surface area (Å²) in [7, 11) is 4.75. The summed E-state index contributed by atoms with van der Waals surface area (Å²) in [5.74, 6) is 1.12. The third kappa shape index (κ3) is 3.29. The summed E-state index contributed by atoms with van der Waals surface area (Å²) in [5, 5.41) is 1.19. The number of benzene rings is 1. The second kappa shape index (κ2) is 8.11. The minimum Gasteiger partial charge on any atom is -0.504 e. The first-order chi connectivity index (χ1) is 14.1. The third-order valence-corrected chi connectivity index (χ3v) is 6.67. The zero-order valence-corrected chi connectivity index (χ0v) is 17.7. The summed E-state index contributed by atoms with van der Waals surface area (Å²) in [5.41, 5.74) is 4.37. The van der Waals surface area contributed by atoms with E-state index >= 15 is 0 Å². The molecule has 3 atom stereocenters. The number of nitrogens with zero attached hydrogens (tertiary/aromatic N) is 1. The van der Waals surface area contributed by atoms with Crippen molar-refractivity contribution in [3.63, 3.8) is 0 Å². The molecule has 2 aliphatic heterocycles. The van der Waals surface area contributed by atoms with Crippen molar-refractivity contribution >= 4 is 16.9 Å². The Labute approximate surface area is 171 Å². The fourth-order valence-electron chi connectivity index (χ4n) is 5.28. The maximum absolute atomic E-state index is 12.5. The molecule has 0 amide bonds. The molecule has 0 radical (unpaired) electrons. The van der Waals surface area contributed by atoms with Crippen molar-refractivity contribution in [3.05, 3.63) is 41.3 Å². The Balaban J connectivity index is 1.76. The van der Waals surface area contributed by atoms with Crippen molar-refractivity contribution in [1.29, 1.82) is 0 Å². The molecule has 4 rings (SSSR count). The van der Waals surface area contributed by atoms with Gasteiger partial charge in [0.25, 0.3) is 0 Å². The molecule has 1 aromatic heterocycles. The average molecular weight is 399 g/mol. The van der Waals surface area contributed by atoms with E-state index in [2.05, 4.69) is 22.9 Å². The van der Waals surface area contributed by atoms with Crippen molar-refractivity contribution < 1.29 is 19.0 Å². The van der Waals surface area contributed by atoms with Gasteiger partial charge in [0.05, 0.1) is 39.2 Å². The average Bonchev–Trinajstić information content (AvgIpc) is 3.15. The van der Waals surface area contributed by atoms with Crippen molar-refractivity contribution in [2.45, 2.75) is 32.2 Å². The van der Waals surface area contributed by atoms with E-state index < -0.39 is 0 Å². The van der Waals surface area contributed by atoms with Crippen LogP contribution < -0.4 is 4.74 Å². The number of piperidine rings is 1. The predicted molar refractivity (Wildman–Crippen MR) is 112 cm³/mol. The quantitative estimate of drug-likeness (QED) is 0.471. The first-order valence-electron chi connectivity index (χ1n) is 10.4. The highest BCUT2D eigenvalue weighted by Gasteiger charge is 2.42. The van der Waals surface area contributed by atoms with E-state index in [1.54, 1.807) is 20.5 Å². The molecule has 0 saturated carbocycles. The van der Waals surface area contributed by atoms with Gasteiger partial charge < -0.3 is 19.2 Å². The van der Waals surface area contributed by atoms with E-state index in [9.17, 15) is 4.79 Å². The molecule has 156 valence electrons. The van der Waals surface area contributed by atoms with Gasteiger partial charge in [-0.25, -0.2) is 4.79 Å². The van der Waals surface area contributed by atoms with Crippen LogP contribution in [0.4, 0.5) is 0 Å². The van der Waals surface area contributed by atoms with Gasteiger partial charge in [-0.1, -0.05) is 19.4 Å². The molecular weight excluding hydrogens is 368 g/mol. The number of nitrogens with one attached hydrogen (secondary N) is 1. The molecule has 29 heavy (non-hydrogen) atoms. The van der Waals surface area contributed by atoms with Gasteiger partial charge in [-0.2, -0.15) is 0 Å². The van der Waals surface area contributed by atoms with Gasteiger partial charge in [-0.15, -0.1) is 0 Å². The van der Waals surface area contributed by atoms with E-state index in [1.165, 1.54) is 23.8 Å². The molecule has 1 saturated heterocycles. The molecule has 3 heterocycles. The van der Waals surface area contributed by atoms with Gasteiger partial charge in [0, 0.05) is 29.7 Å². The first kappa shape index (κ1) is 19.8. The standard InChI is InChI=1S/C23H30N2O4/c1-5-14-12-25-10-9-15-21-18(7-6-8-20(21)28-3)24-22(15)19(25)11-16(14)17(13-27-2)23(26)29-4/h6-8,13-14,16,19,24H,5,9-12H2,1-4H3/b17-13-/t14-,16+,19+/m0/s1. The maximum atomic E-state index is 12.5. The molecule has 0 unspecified atom stereocenters. The molecule has 6 heteroatoms. The van der Waals surface area contributed by atoms with Crippen LogP contribution in [-0.4, -0.2) is 50.3 Å². The monoisotopic (exact) mass is 398 g/mol. The maximum Gasteiger partial charge on any atom is 0.337 e. The second-order valence-corrected chi connectivity index (χ2v) is 7.97. The van der Waals surface area contributed by atoms with Crippen LogP contribution in [0.5, 0.6) is 5.75 Å². The summed E-state index contributed by atoms with van der Waals surface area (Å²) in [6.45, 7) is 4.19. The summed E-state index contributed by atoms with van der Waals surface area (Å²) >= 11 is 0. The van der Waals surface area contributed by atoms with E-state index in [0.29, 0.717) is 11.5 Å². The number of methoxy groups -OCH3 is 3. The number of H-pyrrole nitrogens is 1. The smallest absolute Gasteiger partial charge is 0.337 e. The van der Waals surface area contributed by atoms with E-state index in [0.717, 1.165) is 43.6 Å².